The Labute approximate surface area is 203 Å². The molecule has 1 saturated heterocycles. The van der Waals surface area contributed by atoms with Gasteiger partial charge in [0.15, 0.2) is 0 Å². The number of carbonyl (C=O) groups is 3. The molecule has 1 unspecified atom stereocenters. The number of rotatable bonds is 2. The lowest BCUT2D eigenvalue weighted by molar-refractivity contribution is -0.124. The zero-order valence-electron chi connectivity index (χ0n) is 20.6. The molecule has 0 aromatic heterocycles. The van der Waals surface area contributed by atoms with Gasteiger partial charge in [-0.15, -0.1) is 0 Å². The van der Waals surface area contributed by atoms with Crippen molar-refractivity contribution < 1.29 is 50.0 Å². The van der Waals surface area contributed by atoms with Gasteiger partial charge in [-0.25, -0.2) is 9.59 Å². The van der Waals surface area contributed by atoms with Gasteiger partial charge in [-0.3, -0.25) is 4.79 Å². The normalized spacial score (nSPS) is 19.9. The van der Waals surface area contributed by atoms with Gasteiger partial charge in [-0.1, -0.05) is 20.8 Å². The summed E-state index contributed by atoms with van der Waals surface area (Å²) in [6, 6.07) is -0.0754. The number of carbonyl (C=O) groups excluding carboxylic acids is 2. The maximum Gasteiger partial charge on any atom is 0.534 e. The third-order valence-electron chi connectivity index (χ3n) is 4.99. The van der Waals surface area contributed by atoms with Gasteiger partial charge in [0.05, 0.1) is 0 Å². The first-order valence-electron chi connectivity index (χ1n) is 10.8. The summed E-state index contributed by atoms with van der Waals surface area (Å²) < 4.78 is 66.4. The van der Waals surface area contributed by atoms with Crippen LogP contribution in [-0.4, -0.2) is 78.1 Å². The number of ketones is 1. The van der Waals surface area contributed by atoms with Gasteiger partial charge < -0.3 is 23.8 Å². The van der Waals surface area contributed by atoms with E-state index in [2.05, 4.69) is 4.18 Å². The maximum absolute atomic E-state index is 12.2. The van der Waals surface area contributed by atoms with Gasteiger partial charge in [0, 0.05) is 44.9 Å². The van der Waals surface area contributed by atoms with Crippen LogP contribution in [0.3, 0.4) is 0 Å². The number of likely N-dealkylation sites (tertiary alicyclic amines) is 1. The van der Waals surface area contributed by atoms with E-state index in [0.717, 1.165) is 11.0 Å². The summed E-state index contributed by atoms with van der Waals surface area (Å²) >= 11 is 0. The highest BCUT2D eigenvalue weighted by molar-refractivity contribution is 7.87. The SMILES string of the molecule is CC(C)(C)OC(=O)N1CCC(=O)CC1C(C)(C)C.O=C(O)N1CC=C(OS(=O)(=O)C(F)(F)F)CC1. The minimum Gasteiger partial charge on any atom is -0.465 e. The van der Waals surface area contributed by atoms with E-state index in [4.69, 9.17) is 9.84 Å². The minimum absolute atomic E-state index is 0.0754. The molecule has 0 saturated carbocycles. The minimum atomic E-state index is -5.67. The highest BCUT2D eigenvalue weighted by Crippen LogP contribution is 2.32. The van der Waals surface area contributed by atoms with Crippen molar-refractivity contribution in [1.29, 1.82) is 0 Å². The number of hydrogen-bond donors (Lipinski definition) is 1. The molecule has 202 valence electrons. The van der Waals surface area contributed by atoms with E-state index in [1.165, 1.54) is 0 Å². The summed E-state index contributed by atoms with van der Waals surface area (Å²) in [5, 5.41) is 8.54. The van der Waals surface area contributed by atoms with Crippen LogP contribution in [0, 0.1) is 5.41 Å². The molecule has 1 N–H and O–H groups in total. The van der Waals surface area contributed by atoms with Gasteiger partial charge in [-0.05, 0) is 32.3 Å². The van der Waals surface area contributed by atoms with Crippen molar-refractivity contribution in [3.8, 4) is 0 Å². The Morgan fingerprint density at radius 1 is 1.06 bits per heavy atom. The Kier molecular flexibility index (Phi) is 9.63. The van der Waals surface area contributed by atoms with Crippen molar-refractivity contribution in [1.82, 2.24) is 9.80 Å². The topological polar surface area (TPSA) is 131 Å². The lowest BCUT2D eigenvalue weighted by Gasteiger charge is -2.42. The van der Waals surface area contributed by atoms with E-state index >= 15 is 0 Å². The van der Waals surface area contributed by atoms with Crippen LogP contribution in [0.5, 0.6) is 0 Å². The van der Waals surface area contributed by atoms with Crippen molar-refractivity contribution in [2.24, 2.45) is 5.41 Å². The second-order valence-electron chi connectivity index (χ2n) is 10.2. The molecule has 2 aliphatic rings. The average Bonchev–Trinajstić information content (AvgIpc) is 2.65. The standard InChI is InChI=1S/C14H25NO3.C7H8F3NO5S/c1-13(2,3)11-9-10(16)7-8-15(11)12(17)18-14(4,5)6;8-7(9,10)17(14,15)16-5-1-3-11(4-2-5)6(12)13/h11H,7-9H2,1-6H3;1H,2-4H2,(H,12,13). The third-order valence-corrected chi connectivity index (χ3v) is 6.00. The van der Waals surface area contributed by atoms with Gasteiger partial charge >= 0.3 is 27.8 Å². The second kappa shape index (κ2) is 11.0. The van der Waals surface area contributed by atoms with E-state index in [9.17, 15) is 36.0 Å². The van der Waals surface area contributed by atoms with E-state index in [-0.39, 0.29) is 42.8 Å². The number of alkyl halides is 3. The van der Waals surface area contributed by atoms with Crippen LogP contribution >= 0.6 is 0 Å². The Balaban J connectivity index is 0.000000351. The first-order chi connectivity index (χ1) is 15.6. The van der Waals surface area contributed by atoms with Crippen molar-refractivity contribution in [3.63, 3.8) is 0 Å². The third kappa shape index (κ3) is 9.57. The molecule has 2 rings (SSSR count). The fraction of sp³-hybridized carbons (Fsp3) is 0.762. The van der Waals surface area contributed by atoms with Crippen molar-refractivity contribution in [3.05, 3.63) is 11.8 Å². The molecular weight excluding hydrogens is 497 g/mol. The molecule has 1 fully saturated rings. The number of piperidine rings is 1. The lowest BCUT2D eigenvalue weighted by Crippen LogP contribution is -2.53. The van der Waals surface area contributed by atoms with Gasteiger partial charge in [0.25, 0.3) is 0 Å². The Morgan fingerprint density at radius 2 is 1.63 bits per heavy atom. The molecule has 0 bridgehead atoms. The molecule has 2 amide bonds. The summed E-state index contributed by atoms with van der Waals surface area (Å²) in [6.07, 6.45) is 0.0887. The summed E-state index contributed by atoms with van der Waals surface area (Å²) in [5.74, 6) is -0.172. The summed E-state index contributed by atoms with van der Waals surface area (Å²) in [5.41, 5.74) is -6.11. The van der Waals surface area contributed by atoms with Crippen molar-refractivity contribution in [2.45, 2.75) is 78.0 Å². The predicted octanol–water partition coefficient (Wildman–Crippen LogP) is 4.12. The zero-order chi connectivity index (χ0) is 27.4. The smallest absolute Gasteiger partial charge is 0.465 e. The van der Waals surface area contributed by atoms with E-state index in [1.54, 1.807) is 4.90 Å². The summed E-state index contributed by atoms with van der Waals surface area (Å²) in [4.78, 5) is 36.9. The first kappa shape index (κ1) is 30.5. The number of Topliss-reactive ketones (excluding diaryl/α,β-unsaturated/α-hetero) is 1. The number of hydrogen-bond acceptors (Lipinski definition) is 7. The van der Waals surface area contributed by atoms with Gasteiger partial charge in [-0.2, -0.15) is 21.6 Å². The molecule has 2 heterocycles. The highest BCUT2D eigenvalue weighted by Gasteiger charge is 2.49. The number of nitrogens with zero attached hydrogens (tertiary/aromatic N) is 2. The number of halogens is 3. The maximum atomic E-state index is 12.2. The zero-order valence-corrected chi connectivity index (χ0v) is 21.5. The molecule has 0 aromatic carbocycles. The molecule has 10 nitrogen and oxygen atoms in total. The predicted molar refractivity (Wildman–Crippen MR) is 119 cm³/mol. The van der Waals surface area contributed by atoms with Crippen LogP contribution in [0.25, 0.3) is 0 Å². The quantitative estimate of drug-likeness (QED) is 0.417. The van der Waals surface area contributed by atoms with Crippen LogP contribution in [0.15, 0.2) is 11.8 Å². The van der Waals surface area contributed by atoms with E-state index in [0.29, 0.717) is 19.4 Å². The van der Waals surface area contributed by atoms with Crippen LogP contribution in [0.1, 0.15) is 60.8 Å². The van der Waals surface area contributed by atoms with Crippen molar-refractivity contribution in [2.75, 3.05) is 19.6 Å². The average molecular weight is 531 g/mol. The Morgan fingerprint density at radius 3 is 2.03 bits per heavy atom. The van der Waals surface area contributed by atoms with Gasteiger partial charge in [0.1, 0.15) is 17.1 Å². The fourth-order valence-corrected chi connectivity index (χ4v) is 3.76. The van der Waals surface area contributed by atoms with E-state index < -0.39 is 33.1 Å². The lowest BCUT2D eigenvalue weighted by atomic mass is 9.80. The number of carboxylic acid groups (broad SMARTS) is 1. The molecule has 0 spiro atoms. The van der Waals surface area contributed by atoms with E-state index in [1.807, 2.05) is 41.5 Å². The second-order valence-corrected chi connectivity index (χ2v) is 11.7. The summed E-state index contributed by atoms with van der Waals surface area (Å²) in [7, 11) is -5.67. The molecule has 0 aromatic rings. The monoisotopic (exact) mass is 530 g/mol. The molecular formula is C21H33F3N2O8S. The molecule has 35 heavy (non-hydrogen) atoms. The number of amides is 2. The Hall–Kier alpha value is -2.51. The summed E-state index contributed by atoms with van der Waals surface area (Å²) in [6.45, 7) is 11.8. The Bertz CT molecular complexity index is 934. The van der Waals surface area contributed by atoms with Crippen LogP contribution in [-0.2, 0) is 23.8 Å². The largest absolute Gasteiger partial charge is 0.534 e. The molecule has 0 radical (unpaired) electrons. The van der Waals surface area contributed by atoms with Crippen LogP contribution in [0.2, 0.25) is 0 Å². The molecule has 2 aliphatic heterocycles. The molecule has 1 atom stereocenters. The van der Waals surface area contributed by atoms with Crippen LogP contribution in [0.4, 0.5) is 22.8 Å². The number of ether oxygens (including phenoxy) is 1. The molecule has 0 aliphatic carbocycles. The highest BCUT2D eigenvalue weighted by atomic mass is 32.2. The van der Waals surface area contributed by atoms with Crippen LogP contribution < -0.4 is 0 Å². The van der Waals surface area contributed by atoms with Crippen molar-refractivity contribution >= 4 is 28.1 Å². The first-order valence-corrected chi connectivity index (χ1v) is 12.2. The molecule has 14 heteroatoms. The van der Waals surface area contributed by atoms with Gasteiger partial charge in [0.2, 0.25) is 0 Å². The fourth-order valence-electron chi connectivity index (χ4n) is 3.23.